The van der Waals surface area contributed by atoms with Crippen molar-refractivity contribution in [3.05, 3.63) is 47.5 Å². The van der Waals surface area contributed by atoms with Gasteiger partial charge in [0.1, 0.15) is 10.8 Å². The summed E-state index contributed by atoms with van der Waals surface area (Å²) < 4.78 is 0. The lowest BCUT2D eigenvalue weighted by Crippen LogP contribution is -1.99. The minimum Gasteiger partial charge on any atom is -0.370 e. The first-order chi connectivity index (χ1) is 8.69. The second-order valence-electron chi connectivity index (χ2n) is 4.26. The minimum absolute atomic E-state index is 0.894. The molecule has 0 aliphatic rings. The zero-order valence-corrected chi connectivity index (χ0v) is 11.8. The van der Waals surface area contributed by atoms with Crippen LogP contribution in [0.5, 0.6) is 0 Å². The molecule has 18 heavy (non-hydrogen) atoms. The number of hydrogen-bond acceptors (Lipinski definition) is 3. The van der Waals surface area contributed by atoms with Crippen molar-refractivity contribution in [1.82, 2.24) is 4.98 Å². The van der Waals surface area contributed by atoms with E-state index in [0.717, 1.165) is 17.4 Å². The van der Waals surface area contributed by atoms with Gasteiger partial charge in [0, 0.05) is 11.4 Å². The van der Waals surface area contributed by atoms with E-state index < -0.39 is 0 Å². The van der Waals surface area contributed by atoms with E-state index in [-0.39, 0.29) is 0 Å². The molecule has 0 aliphatic heterocycles. The SMILES string of the molecule is CCNc1cccc(Sc2ccc(C)cc2C)n1. The summed E-state index contributed by atoms with van der Waals surface area (Å²) in [6.45, 7) is 7.23. The first-order valence-corrected chi connectivity index (χ1v) is 6.96. The summed E-state index contributed by atoms with van der Waals surface area (Å²) in [5.41, 5.74) is 2.60. The summed E-state index contributed by atoms with van der Waals surface area (Å²) in [6.07, 6.45) is 0. The number of rotatable bonds is 4. The number of nitrogens with one attached hydrogen (secondary N) is 1. The van der Waals surface area contributed by atoms with Gasteiger partial charge < -0.3 is 5.32 Å². The summed E-state index contributed by atoms with van der Waals surface area (Å²) in [5.74, 6) is 0.937. The Balaban J connectivity index is 2.20. The van der Waals surface area contributed by atoms with Gasteiger partial charge in [-0.1, -0.05) is 35.5 Å². The van der Waals surface area contributed by atoms with E-state index in [2.05, 4.69) is 49.3 Å². The second kappa shape index (κ2) is 5.91. The van der Waals surface area contributed by atoms with Gasteiger partial charge in [-0.2, -0.15) is 0 Å². The number of pyridine rings is 1. The van der Waals surface area contributed by atoms with Crippen molar-refractivity contribution in [2.45, 2.75) is 30.7 Å². The molecule has 0 aliphatic carbocycles. The molecule has 1 aromatic heterocycles. The van der Waals surface area contributed by atoms with E-state index in [1.165, 1.54) is 16.0 Å². The lowest BCUT2D eigenvalue weighted by molar-refractivity contribution is 1.08. The summed E-state index contributed by atoms with van der Waals surface area (Å²) in [7, 11) is 0. The standard InChI is InChI=1S/C15H18N2S/c1-4-16-14-6-5-7-15(17-14)18-13-9-8-11(2)10-12(13)3/h5-10H,4H2,1-3H3,(H,16,17). The van der Waals surface area contributed by atoms with Crippen LogP contribution in [0, 0.1) is 13.8 Å². The molecule has 0 fully saturated rings. The number of nitrogens with zero attached hydrogens (tertiary/aromatic N) is 1. The van der Waals surface area contributed by atoms with Crippen molar-refractivity contribution in [3.8, 4) is 0 Å². The smallest absolute Gasteiger partial charge is 0.127 e. The van der Waals surface area contributed by atoms with Crippen LogP contribution in [0.1, 0.15) is 18.1 Å². The van der Waals surface area contributed by atoms with Crippen LogP contribution >= 0.6 is 11.8 Å². The number of hydrogen-bond donors (Lipinski definition) is 1. The van der Waals surface area contributed by atoms with Crippen molar-refractivity contribution in [2.24, 2.45) is 0 Å². The zero-order chi connectivity index (χ0) is 13.0. The molecule has 0 unspecified atom stereocenters. The van der Waals surface area contributed by atoms with Crippen LogP contribution in [-0.2, 0) is 0 Å². The first-order valence-electron chi connectivity index (χ1n) is 6.15. The average molecular weight is 258 g/mol. The number of benzene rings is 1. The molecule has 1 N–H and O–H groups in total. The van der Waals surface area contributed by atoms with Crippen molar-refractivity contribution in [1.29, 1.82) is 0 Å². The highest BCUT2D eigenvalue weighted by Crippen LogP contribution is 2.29. The maximum absolute atomic E-state index is 4.57. The van der Waals surface area contributed by atoms with Gasteiger partial charge in [0.25, 0.3) is 0 Å². The van der Waals surface area contributed by atoms with Crippen LogP contribution in [0.4, 0.5) is 5.82 Å². The van der Waals surface area contributed by atoms with E-state index in [0.29, 0.717) is 0 Å². The van der Waals surface area contributed by atoms with Crippen LogP contribution in [-0.4, -0.2) is 11.5 Å². The van der Waals surface area contributed by atoms with Gasteiger partial charge in [0.15, 0.2) is 0 Å². The van der Waals surface area contributed by atoms with E-state index in [4.69, 9.17) is 0 Å². The zero-order valence-electron chi connectivity index (χ0n) is 11.0. The topological polar surface area (TPSA) is 24.9 Å². The van der Waals surface area contributed by atoms with Crippen LogP contribution in [0.25, 0.3) is 0 Å². The van der Waals surface area contributed by atoms with E-state index in [1.54, 1.807) is 11.8 Å². The fraction of sp³-hybridized carbons (Fsp3) is 0.267. The lowest BCUT2D eigenvalue weighted by Gasteiger charge is -2.07. The van der Waals surface area contributed by atoms with Gasteiger partial charge in [0.2, 0.25) is 0 Å². The molecule has 0 radical (unpaired) electrons. The summed E-state index contributed by atoms with van der Waals surface area (Å²) >= 11 is 1.71. The predicted octanol–water partition coefficient (Wildman–Crippen LogP) is 4.28. The Kier molecular flexibility index (Phi) is 4.26. The molecule has 94 valence electrons. The van der Waals surface area contributed by atoms with Gasteiger partial charge in [-0.3, -0.25) is 0 Å². The molecule has 2 aromatic rings. The third-order valence-electron chi connectivity index (χ3n) is 2.63. The molecule has 0 saturated heterocycles. The average Bonchev–Trinajstić information content (AvgIpc) is 2.34. The van der Waals surface area contributed by atoms with Gasteiger partial charge in [-0.15, -0.1) is 0 Å². The molecule has 0 bridgehead atoms. The van der Waals surface area contributed by atoms with Crippen LogP contribution in [0.2, 0.25) is 0 Å². The highest BCUT2D eigenvalue weighted by Gasteiger charge is 2.03. The third-order valence-corrected chi connectivity index (χ3v) is 3.74. The van der Waals surface area contributed by atoms with Crippen LogP contribution < -0.4 is 5.32 Å². The predicted molar refractivity (Wildman–Crippen MR) is 78.4 cm³/mol. The molecule has 3 heteroatoms. The molecule has 0 atom stereocenters. The molecule has 1 heterocycles. The molecule has 0 amide bonds. The monoisotopic (exact) mass is 258 g/mol. The summed E-state index contributed by atoms with van der Waals surface area (Å²) in [6, 6.07) is 12.6. The first kappa shape index (κ1) is 13.0. The molecule has 2 rings (SSSR count). The fourth-order valence-electron chi connectivity index (χ4n) is 1.78. The maximum atomic E-state index is 4.57. The quantitative estimate of drug-likeness (QED) is 0.886. The van der Waals surface area contributed by atoms with Gasteiger partial charge in [-0.05, 0) is 44.5 Å². The summed E-state index contributed by atoms with van der Waals surface area (Å²) in [4.78, 5) is 5.84. The van der Waals surface area contributed by atoms with E-state index in [9.17, 15) is 0 Å². The number of aromatic nitrogens is 1. The summed E-state index contributed by atoms with van der Waals surface area (Å²) in [5, 5.41) is 4.26. The van der Waals surface area contributed by atoms with Crippen molar-refractivity contribution >= 4 is 17.6 Å². The number of anilines is 1. The Morgan fingerprint density at radius 2 is 2.00 bits per heavy atom. The van der Waals surface area contributed by atoms with Gasteiger partial charge in [0.05, 0.1) is 0 Å². The Hall–Kier alpha value is -1.48. The maximum Gasteiger partial charge on any atom is 0.127 e. The Morgan fingerprint density at radius 1 is 1.17 bits per heavy atom. The molecule has 0 spiro atoms. The largest absolute Gasteiger partial charge is 0.370 e. The minimum atomic E-state index is 0.894. The molecule has 2 nitrogen and oxygen atoms in total. The van der Waals surface area contributed by atoms with Crippen molar-refractivity contribution in [3.63, 3.8) is 0 Å². The second-order valence-corrected chi connectivity index (χ2v) is 5.32. The third kappa shape index (κ3) is 3.26. The molecular formula is C15H18N2S. The molecular weight excluding hydrogens is 240 g/mol. The van der Waals surface area contributed by atoms with Crippen LogP contribution in [0.3, 0.4) is 0 Å². The van der Waals surface area contributed by atoms with E-state index in [1.807, 2.05) is 18.2 Å². The Morgan fingerprint density at radius 3 is 2.72 bits per heavy atom. The van der Waals surface area contributed by atoms with Crippen molar-refractivity contribution < 1.29 is 0 Å². The van der Waals surface area contributed by atoms with Gasteiger partial charge >= 0.3 is 0 Å². The molecule has 1 aromatic carbocycles. The van der Waals surface area contributed by atoms with Gasteiger partial charge in [-0.25, -0.2) is 4.98 Å². The normalized spacial score (nSPS) is 10.4. The van der Waals surface area contributed by atoms with Crippen molar-refractivity contribution in [2.75, 3.05) is 11.9 Å². The fourth-order valence-corrected chi connectivity index (χ4v) is 2.65. The Bertz CT molecular complexity index is 538. The Labute approximate surface area is 113 Å². The number of aryl methyl sites for hydroxylation is 2. The lowest BCUT2D eigenvalue weighted by atomic mass is 10.2. The highest BCUT2D eigenvalue weighted by atomic mass is 32.2. The molecule has 0 saturated carbocycles. The van der Waals surface area contributed by atoms with Crippen LogP contribution in [0.15, 0.2) is 46.3 Å². The van der Waals surface area contributed by atoms with E-state index >= 15 is 0 Å². The highest BCUT2D eigenvalue weighted by molar-refractivity contribution is 7.99.